The van der Waals surface area contributed by atoms with Crippen molar-refractivity contribution in [1.82, 2.24) is 20.0 Å². The Kier molecular flexibility index (Phi) is 4.84. The lowest BCUT2D eigenvalue weighted by atomic mass is 9.92. The first-order chi connectivity index (χ1) is 13.6. The van der Waals surface area contributed by atoms with Crippen molar-refractivity contribution in [3.05, 3.63) is 38.6 Å². The van der Waals surface area contributed by atoms with E-state index in [1.807, 2.05) is 6.92 Å². The van der Waals surface area contributed by atoms with Crippen LogP contribution < -0.4 is 0 Å². The van der Waals surface area contributed by atoms with Gasteiger partial charge in [0.15, 0.2) is 0 Å². The predicted molar refractivity (Wildman–Crippen MR) is 101 cm³/mol. The molecule has 0 saturated carbocycles. The zero-order valence-electron chi connectivity index (χ0n) is 16.1. The lowest BCUT2D eigenvalue weighted by Gasteiger charge is -2.32. The largest absolute Gasteiger partial charge is 0.417 e. The molecular formula is C19H19F3N4O2S. The number of aryl methyl sites for hydroxylation is 3. The molecule has 0 radical (unpaired) electrons. The van der Waals surface area contributed by atoms with E-state index in [0.717, 1.165) is 11.1 Å². The van der Waals surface area contributed by atoms with Crippen molar-refractivity contribution >= 4 is 28.3 Å². The van der Waals surface area contributed by atoms with Crippen LogP contribution in [-0.4, -0.2) is 39.0 Å². The van der Waals surface area contributed by atoms with E-state index in [-0.39, 0.29) is 34.3 Å². The van der Waals surface area contributed by atoms with E-state index in [2.05, 4.69) is 15.1 Å². The van der Waals surface area contributed by atoms with Crippen molar-refractivity contribution in [2.24, 2.45) is 0 Å². The van der Waals surface area contributed by atoms with Gasteiger partial charge in [-0.05, 0) is 39.7 Å². The number of pyridine rings is 1. The summed E-state index contributed by atoms with van der Waals surface area (Å²) >= 11 is 1.33. The Morgan fingerprint density at radius 3 is 2.66 bits per heavy atom. The van der Waals surface area contributed by atoms with Crippen molar-refractivity contribution < 1.29 is 22.5 Å². The number of thiazole rings is 1. The Morgan fingerprint density at radius 1 is 1.24 bits per heavy atom. The second-order valence-corrected chi connectivity index (χ2v) is 8.48. The van der Waals surface area contributed by atoms with Crippen LogP contribution in [-0.2, 0) is 6.18 Å². The summed E-state index contributed by atoms with van der Waals surface area (Å²) in [5.74, 6) is -0.441. The molecule has 1 fully saturated rings. The summed E-state index contributed by atoms with van der Waals surface area (Å²) < 4.78 is 45.9. The van der Waals surface area contributed by atoms with Crippen LogP contribution in [0.4, 0.5) is 13.2 Å². The maximum atomic E-state index is 13.6. The maximum absolute atomic E-state index is 13.6. The van der Waals surface area contributed by atoms with Crippen LogP contribution in [0.5, 0.6) is 0 Å². The minimum atomic E-state index is -4.55. The van der Waals surface area contributed by atoms with E-state index in [9.17, 15) is 18.0 Å². The van der Waals surface area contributed by atoms with E-state index in [4.69, 9.17) is 4.52 Å². The number of aromatic nitrogens is 3. The van der Waals surface area contributed by atoms with Gasteiger partial charge in [0, 0.05) is 19.0 Å². The van der Waals surface area contributed by atoms with Gasteiger partial charge < -0.3 is 9.42 Å². The quantitative estimate of drug-likeness (QED) is 0.599. The molecule has 29 heavy (non-hydrogen) atoms. The number of hydrogen-bond acceptors (Lipinski definition) is 6. The van der Waals surface area contributed by atoms with Crippen LogP contribution in [0.15, 0.2) is 10.6 Å². The van der Waals surface area contributed by atoms with E-state index >= 15 is 0 Å². The maximum Gasteiger partial charge on any atom is 0.417 e. The van der Waals surface area contributed by atoms with Gasteiger partial charge in [0.25, 0.3) is 11.6 Å². The SMILES string of the molecule is Cc1nc(C)c(C(=O)N2CCC[C@@H](c3cc(C(F)(F)F)c4c(C)noc4n3)C2)s1. The molecule has 1 saturated heterocycles. The molecule has 10 heteroatoms. The van der Waals surface area contributed by atoms with Crippen LogP contribution in [0.1, 0.15) is 56.1 Å². The lowest BCUT2D eigenvalue weighted by molar-refractivity contribution is -0.136. The molecule has 4 heterocycles. The van der Waals surface area contributed by atoms with Gasteiger partial charge in [-0.1, -0.05) is 5.16 Å². The molecule has 154 valence electrons. The Hall–Kier alpha value is -2.49. The van der Waals surface area contributed by atoms with Crippen molar-refractivity contribution in [3.63, 3.8) is 0 Å². The van der Waals surface area contributed by atoms with E-state index < -0.39 is 11.7 Å². The third-order valence-corrected chi connectivity index (χ3v) is 6.23. The van der Waals surface area contributed by atoms with E-state index in [0.29, 0.717) is 36.5 Å². The van der Waals surface area contributed by atoms with Gasteiger partial charge in [-0.3, -0.25) is 4.79 Å². The van der Waals surface area contributed by atoms with Crippen LogP contribution >= 0.6 is 11.3 Å². The molecule has 0 bridgehead atoms. The molecule has 0 aromatic carbocycles. The molecule has 0 aliphatic carbocycles. The number of carbonyl (C=O) groups is 1. The molecule has 3 aromatic heterocycles. The number of nitrogens with zero attached hydrogens (tertiary/aromatic N) is 4. The number of fused-ring (bicyclic) bond motifs is 1. The zero-order valence-corrected chi connectivity index (χ0v) is 16.9. The van der Waals surface area contributed by atoms with Gasteiger partial charge in [-0.2, -0.15) is 13.2 Å². The third-order valence-electron chi connectivity index (χ3n) is 5.17. The highest BCUT2D eigenvalue weighted by atomic mass is 32.1. The summed E-state index contributed by atoms with van der Waals surface area (Å²) in [6.45, 7) is 5.95. The lowest BCUT2D eigenvalue weighted by Crippen LogP contribution is -2.39. The summed E-state index contributed by atoms with van der Waals surface area (Å²) in [5.41, 5.74) is 0.188. The van der Waals surface area contributed by atoms with Crippen molar-refractivity contribution in [2.45, 2.75) is 45.7 Å². The third kappa shape index (κ3) is 3.61. The second kappa shape index (κ2) is 7.08. The molecule has 6 nitrogen and oxygen atoms in total. The van der Waals surface area contributed by atoms with Gasteiger partial charge in [-0.15, -0.1) is 11.3 Å². The first-order valence-electron chi connectivity index (χ1n) is 9.22. The molecular weight excluding hydrogens is 405 g/mol. The van der Waals surface area contributed by atoms with Crippen molar-refractivity contribution in [1.29, 1.82) is 0 Å². The van der Waals surface area contributed by atoms with Crippen LogP contribution in [0, 0.1) is 20.8 Å². The normalized spacial score (nSPS) is 17.9. The Labute approximate surface area is 168 Å². The van der Waals surface area contributed by atoms with Crippen LogP contribution in [0.2, 0.25) is 0 Å². The summed E-state index contributed by atoms with van der Waals surface area (Å²) in [7, 11) is 0. The number of likely N-dealkylation sites (tertiary alicyclic amines) is 1. The molecule has 0 unspecified atom stereocenters. The number of piperidine rings is 1. The smallest absolute Gasteiger partial charge is 0.337 e. The molecule has 1 aliphatic rings. The monoisotopic (exact) mass is 424 g/mol. The molecule has 1 atom stereocenters. The minimum absolute atomic E-state index is 0.110. The number of carbonyl (C=O) groups excluding carboxylic acids is 1. The van der Waals surface area contributed by atoms with Crippen molar-refractivity contribution in [2.75, 3.05) is 13.1 Å². The number of hydrogen-bond donors (Lipinski definition) is 0. The van der Waals surface area contributed by atoms with Crippen molar-refractivity contribution in [3.8, 4) is 0 Å². The summed E-state index contributed by atoms with van der Waals surface area (Å²) in [4.78, 5) is 23.8. The summed E-state index contributed by atoms with van der Waals surface area (Å²) in [6.07, 6.45) is -3.22. The first-order valence-corrected chi connectivity index (χ1v) is 10.0. The summed E-state index contributed by atoms with van der Waals surface area (Å²) in [6, 6.07) is 1.08. The Morgan fingerprint density at radius 2 is 2.00 bits per heavy atom. The van der Waals surface area contributed by atoms with E-state index in [1.54, 1.807) is 11.8 Å². The fourth-order valence-corrected chi connectivity index (χ4v) is 4.71. The Balaban J connectivity index is 1.67. The topological polar surface area (TPSA) is 72.1 Å². The Bertz CT molecular complexity index is 1090. The molecule has 4 rings (SSSR count). The van der Waals surface area contributed by atoms with Crippen LogP contribution in [0.3, 0.4) is 0 Å². The van der Waals surface area contributed by atoms with Crippen LogP contribution in [0.25, 0.3) is 11.1 Å². The fourth-order valence-electron chi connectivity index (χ4n) is 3.82. The number of halogens is 3. The fraction of sp³-hybridized carbons (Fsp3) is 0.474. The van der Waals surface area contributed by atoms with Gasteiger partial charge in [0.05, 0.1) is 33.0 Å². The van der Waals surface area contributed by atoms with Gasteiger partial charge in [0.2, 0.25) is 0 Å². The summed E-state index contributed by atoms with van der Waals surface area (Å²) in [5, 5.41) is 4.34. The molecule has 0 N–H and O–H groups in total. The molecule has 1 aliphatic heterocycles. The van der Waals surface area contributed by atoms with Gasteiger partial charge in [-0.25, -0.2) is 9.97 Å². The standard InChI is InChI=1S/C19H19F3N4O2S/c1-9-15-13(19(20,21)22)7-14(24-17(15)28-25-9)12-5-4-6-26(8-12)18(27)16-10(2)23-11(3)29-16/h7,12H,4-6,8H2,1-3H3/t12-/m1/s1. The van der Waals surface area contributed by atoms with E-state index in [1.165, 1.54) is 18.3 Å². The zero-order chi connectivity index (χ0) is 20.9. The molecule has 3 aromatic rings. The molecule has 0 spiro atoms. The number of alkyl halides is 3. The van der Waals surface area contributed by atoms with Gasteiger partial charge >= 0.3 is 6.18 Å². The highest BCUT2D eigenvalue weighted by Gasteiger charge is 2.37. The van der Waals surface area contributed by atoms with Gasteiger partial charge in [0.1, 0.15) is 4.88 Å². The number of amides is 1. The highest BCUT2D eigenvalue weighted by molar-refractivity contribution is 7.13. The average Bonchev–Trinajstić information content (AvgIpc) is 3.21. The number of rotatable bonds is 2. The predicted octanol–water partition coefficient (Wildman–Crippen LogP) is 4.64. The highest BCUT2D eigenvalue weighted by Crippen LogP contribution is 2.38. The first kappa shape index (κ1) is 19.8. The second-order valence-electron chi connectivity index (χ2n) is 7.28. The minimum Gasteiger partial charge on any atom is -0.337 e. The molecule has 1 amide bonds. The average molecular weight is 424 g/mol.